The van der Waals surface area contributed by atoms with Gasteiger partial charge in [-0.3, -0.25) is 4.79 Å². The minimum atomic E-state index is -0.218. The van der Waals surface area contributed by atoms with Crippen LogP contribution in [0.4, 0.5) is 5.69 Å². The fourth-order valence-corrected chi connectivity index (χ4v) is 3.23. The number of amides is 1. The van der Waals surface area contributed by atoms with Crippen LogP contribution >= 0.6 is 23.2 Å². The van der Waals surface area contributed by atoms with Gasteiger partial charge >= 0.3 is 0 Å². The van der Waals surface area contributed by atoms with E-state index in [1.165, 1.54) is 6.08 Å². The normalized spacial score (nSPS) is 11.3. The smallest absolute Gasteiger partial charge is 0.248 e. The van der Waals surface area contributed by atoms with Gasteiger partial charge in [-0.2, -0.15) is 0 Å². The average Bonchev–Trinajstić information content (AvgIpc) is 3.11. The van der Waals surface area contributed by atoms with Gasteiger partial charge in [0.05, 0.1) is 11.0 Å². The predicted octanol–water partition coefficient (Wildman–Crippen LogP) is 6.50. The first kappa shape index (κ1) is 19.2. The molecule has 1 aromatic heterocycles. The van der Waals surface area contributed by atoms with Gasteiger partial charge in [-0.05, 0) is 60.5 Å². The molecule has 0 aliphatic heterocycles. The third kappa shape index (κ3) is 4.50. The fraction of sp³-hybridized carbons (Fsp3) is 0.0435. The highest BCUT2D eigenvalue weighted by Gasteiger charge is 2.09. The number of aromatic nitrogens is 2. The molecule has 1 heterocycles. The maximum Gasteiger partial charge on any atom is 0.248 e. The van der Waals surface area contributed by atoms with Crippen LogP contribution in [0.15, 0.2) is 66.7 Å². The summed E-state index contributed by atoms with van der Waals surface area (Å²) in [6, 6.07) is 18.6. The number of halogens is 2. The Morgan fingerprint density at radius 2 is 1.86 bits per heavy atom. The van der Waals surface area contributed by atoms with E-state index >= 15 is 0 Å². The third-order valence-electron chi connectivity index (χ3n) is 4.46. The van der Waals surface area contributed by atoms with Gasteiger partial charge in [-0.1, -0.05) is 47.5 Å². The largest absolute Gasteiger partial charge is 0.338 e. The second-order valence-electron chi connectivity index (χ2n) is 6.66. The highest BCUT2D eigenvalue weighted by molar-refractivity contribution is 6.32. The van der Waals surface area contributed by atoms with Crippen molar-refractivity contribution in [1.82, 2.24) is 9.97 Å². The number of nitrogens with one attached hydrogen (secondary N) is 2. The Balaban J connectivity index is 1.52. The number of anilines is 1. The number of imidazole rings is 1. The summed E-state index contributed by atoms with van der Waals surface area (Å²) in [6.45, 7) is 1.95. The number of nitrogens with zero attached hydrogens (tertiary/aromatic N) is 1. The molecule has 29 heavy (non-hydrogen) atoms. The Morgan fingerprint density at radius 1 is 1.07 bits per heavy atom. The summed E-state index contributed by atoms with van der Waals surface area (Å²) in [4.78, 5) is 20.2. The molecule has 0 bridgehead atoms. The molecule has 2 N–H and O–H groups in total. The van der Waals surface area contributed by atoms with Crippen LogP contribution in [0.2, 0.25) is 10.0 Å². The number of aromatic amines is 1. The van der Waals surface area contributed by atoms with E-state index in [1.54, 1.807) is 18.2 Å². The van der Waals surface area contributed by atoms with Gasteiger partial charge in [0.25, 0.3) is 0 Å². The summed E-state index contributed by atoms with van der Waals surface area (Å²) in [6.07, 6.45) is 3.22. The highest BCUT2D eigenvalue weighted by atomic mass is 35.5. The number of aryl methyl sites for hydroxylation is 1. The van der Waals surface area contributed by atoms with Crippen molar-refractivity contribution < 1.29 is 4.79 Å². The number of H-pyrrole nitrogens is 1. The molecular formula is C23H17Cl2N3O. The summed E-state index contributed by atoms with van der Waals surface area (Å²) in [5.74, 6) is 0.499. The minimum absolute atomic E-state index is 0.218. The van der Waals surface area contributed by atoms with Crippen LogP contribution in [0, 0.1) is 6.92 Å². The molecule has 3 aromatic carbocycles. The third-order valence-corrected chi connectivity index (χ3v) is 5.12. The second kappa shape index (κ2) is 8.11. The number of hydrogen-bond acceptors (Lipinski definition) is 2. The minimum Gasteiger partial charge on any atom is -0.338 e. The lowest BCUT2D eigenvalue weighted by molar-refractivity contribution is -0.111. The van der Waals surface area contributed by atoms with Crippen molar-refractivity contribution in [1.29, 1.82) is 0 Å². The Hall–Kier alpha value is -3.08. The van der Waals surface area contributed by atoms with Gasteiger partial charge in [0.15, 0.2) is 0 Å². The fourth-order valence-electron chi connectivity index (χ4n) is 2.95. The number of fused-ring (bicyclic) bond motifs is 1. The molecule has 0 saturated carbocycles. The van der Waals surface area contributed by atoms with Crippen molar-refractivity contribution in [2.45, 2.75) is 6.92 Å². The Kier molecular flexibility index (Phi) is 5.38. The maximum absolute atomic E-state index is 12.3. The number of carbonyl (C=O) groups excluding carboxylic acids is 1. The van der Waals surface area contributed by atoms with Crippen LogP contribution in [-0.4, -0.2) is 15.9 Å². The summed E-state index contributed by atoms with van der Waals surface area (Å²) < 4.78 is 0. The number of benzene rings is 3. The average molecular weight is 422 g/mol. The van der Waals surface area contributed by atoms with Gasteiger partial charge in [-0.15, -0.1) is 0 Å². The molecule has 0 atom stereocenters. The molecule has 0 radical (unpaired) electrons. The van der Waals surface area contributed by atoms with E-state index in [4.69, 9.17) is 23.2 Å². The molecule has 0 aliphatic carbocycles. The van der Waals surface area contributed by atoms with E-state index in [0.717, 1.165) is 33.5 Å². The molecular weight excluding hydrogens is 405 g/mol. The molecule has 0 aliphatic rings. The molecule has 0 saturated heterocycles. The first-order valence-corrected chi connectivity index (χ1v) is 9.74. The Labute approximate surface area is 178 Å². The van der Waals surface area contributed by atoms with Crippen molar-refractivity contribution >= 4 is 51.9 Å². The maximum atomic E-state index is 12.3. The summed E-state index contributed by atoms with van der Waals surface area (Å²) in [7, 11) is 0. The molecule has 0 fully saturated rings. The van der Waals surface area contributed by atoms with Crippen LogP contribution in [0.1, 0.15) is 11.1 Å². The quantitative estimate of drug-likeness (QED) is 0.369. The molecule has 4 aromatic rings. The van der Waals surface area contributed by atoms with Crippen LogP contribution in [0.25, 0.3) is 28.5 Å². The van der Waals surface area contributed by atoms with Gasteiger partial charge in [0.2, 0.25) is 5.91 Å². The van der Waals surface area contributed by atoms with Crippen molar-refractivity contribution in [3.05, 3.63) is 87.9 Å². The van der Waals surface area contributed by atoms with E-state index < -0.39 is 0 Å². The van der Waals surface area contributed by atoms with Crippen LogP contribution in [0.3, 0.4) is 0 Å². The van der Waals surface area contributed by atoms with Crippen molar-refractivity contribution in [3.8, 4) is 11.4 Å². The van der Waals surface area contributed by atoms with Crippen molar-refractivity contribution in [2.24, 2.45) is 0 Å². The van der Waals surface area contributed by atoms with E-state index in [9.17, 15) is 4.79 Å². The van der Waals surface area contributed by atoms with Crippen LogP contribution in [0.5, 0.6) is 0 Å². The number of hydrogen-bond donors (Lipinski definition) is 2. The molecule has 6 heteroatoms. The van der Waals surface area contributed by atoms with Gasteiger partial charge in [0.1, 0.15) is 5.82 Å². The number of carbonyl (C=O) groups is 1. The second-order valence-corrected chi connectivity index (χ2v) is 7.50. The lowest BCUT2D eigenvalue weighted by Crippen LogP contribution is -2.07. The lowest BCUT2D eigenvalue weighted by Gasteiger charge is -2.04. The SMILES string of the molecule is Cc1cc2[nH]c(-c3cccc(NC(=O)/C=C/c4ccc(Cl)cc4)c3)nc2cc1Cl. The molecule has 4 rings (SSSR count). The zero-order chi connectivity index (χ0) is 20.4. The monoisotopic (exact) mass is 421 g/mol. The van der Waals surface area contributed by atoms with Crippen LogP contribution < -0.4 is 5.32 Å². The highest BCUT2D eigenvalue weighted by Crippen LogP contribution is 2.26. The predicted molar refractivity (Wildman–Crippen MR) is 120 cm³/mol. The Bertz CT molecular complexity index is 1190. The standard InChI is InChI=1S/C23H17Cl2N3O/c1-14-11-20-21(13-19(14)25)28-23(27-20)16-3-2-4-18(12-16)26-22(29)10-7-15-5-8-17(24)9-6-15/h2-13H,1H3,(H,26,29)(H,27,28)/b10-7+. The first-order chi connectivity index (χ1) is 14.0. The molecule has 1 amide bonds. The van der Waals surface area contributed by atoms with Crippen molar-refractivity contribution in [3.63, 3.8) is 0 Å². The van der Waals surface area contributed by atoms with E-state index in [2.05, 4.69) is 15.3 Å². The zero-order valence-electron chi connectivity index (χ0n) is 15.5. The molecule has 144 valence electrons. The summed E-state index contributed by atoms with van der Waals surface area (Å²) in [5.41, 5.74) is 5.16. The molecule has 0 spiro atoms. The summed E-state index contributed by atoms with van der Waals surface area (Å²) >= 11 is 12.1. The Morgan fingerprint density at radius 3 is 2.66 bits per heavy atom. The molecule has 4 nitrogen and oxygen atoms in total. The molecule has 0 unspecified atom stereocenters. The zero-order valence-corrected chi connectivity index (χ0v) is 17.1. The van der Waals surface area contributed by atoms with Crippen molar-refractivity contribution in [2.75, 3.05) is 5.32 Å². The van der Waals surface area contributed by atoms with E-state index in [0.29, 0.717) is 15.7 Å². The van der Waals surface area contributed by atoms with Gasteiger partial charge in [0, 0.05) is 27.4 Å². The lowest BCUT2D eigenvalue weighted by atomic mass is 10.2. The topological polar surface area (TPSA) is 57.8 Å². The van der Waals surface area contributed by atoms with Gasteiger partial charge < -0.3 is 10.3 Å². The first-order valence-electron chi connectivity index (χ1n) is 8.99. The van der Waals surface area contributed by atoms with Crippen LogP contribution in [-0.2, 0) is 4.79 Å². The number of rotatable bonds is 4. The summed E-state index contributed by atoms with van der Waals surface area (Å²) in [5, 5.41) is 4.21. The van der Waals surface area contributed by atoms with E-state index in [1.807, 2.05) is 55.5 Å². The van der Waals surface area contributed by atoms with Gasteiger partial charge in [-0.25, -0.2) is 4.98 Å². The van der Waals surface area contributed by atoms with E-state index in [-0.39, 0.29) is 5.91 Å².